The van der Waals surface area contributed by atoms with E-state index in [1.54, 1.807) is 31.3 Å². The number of carbonyl (C=O) groups is 1. The van der Waals surface area contributed by atoms with Crippen molar-refractivity contribution in [1.82, 2.24) is 14.9 Å². The van der Waals surface area contributed by atoms with Gasteiger partial charge >= 0.3 is 0 Å². The first kappa shape index (κ1) is 16.9. The molecule has 0 spiro atoms. The van der Waals surface area contributed by atoms with Crippen LogP contribution in [0, 0.1) is 0 Å². The van der Waals surface area contributed by atoms with Crippen LogP contribution in [-0.4, -0.2) is 39.5 Å². The van der Waals surface area contributed by atoms with Crippen LogP contribution in [0.25, 0.3) is 10.9 Å². The number of amides is 1. The number of H-pyrrole nitrogens is 1. The first-order chi connectivity index (χ1) is 12.1. The van der Waals surface area contributed by atoms with Gasteiger partial charge in [-0.3, -0.25) is 9.59 Å². The number of aliphatic hydroxyl groups excluding tert-OH is 1. The quantitative estimate of drug-likeness (QED) is 0.747. The van der Waals surface area contributed by atoms with Crippen molar-refractivity contribution in [2.24, 2.45) is 0 Å². The van der Waals surface area contributed by atoms with Crippen molar-refractivity contribution in [2.45, 2.75) is 12.5 Å². The Morgan fingerprint density at radius 1 is 1.16 bits per heavy atom. The molecule has 0 saturated carbocycles. The lowest BCUT2D eigenvalue weighted by Gasteiger charge is -2.27. The third kappa shape index (κ3) is 3.44. The van der Waals surface area contributed by atoms with Crippen molar-refractivity contribution in [3.8, 4) is 0 Å². The fourth-order valence-electron chi connectivity index (χ4n) is 2.88. The molecule has 6 heteroatoms. The van der Waals surface area contributed by atoms with Crippen LogP contribution in [0.1, 0.15) is 28.6 Å². The van der Waals surface area contributed by atoms with Crippen LogP contribution in [0.4, 0.5) is 0 Å². The summed E-state index contributed by atoms with van der Waals surface area (Å²) in [5.41, 5.74) is 1.04. The number of nitrogens with one attached hydrogen (secondary N) is 1. The lowest BCUT2D eigenvalue weighted by atomic mass is 10.0. The minimum absolute atomic E-state index is 0.00919. The van der Waals surface area contributed by atoms with Crippen molar-refractivity contribution < 1.29 is 9.90 Å². The second-order valence-corrected chi connectivity index (χ2v) is 5.79. The zero-order valence-corrected chi connectivity index (χ0v) is 13.8. The van der Waals surface area contributed by atoms with Crippen molar-refractivity contribution in [1.29, 1.82) is 0 Å². The van der Waals surface area contributed by atoms with E-state index < -0.39 is 5.91 Å². The Morgan fingerprint density at radius 3 is 2.56 bits per heavy atom. The van der Waals surface area contributed by atoms with E-state index in [2.05, 4.69) is 9.97 Å². The molecule has 1 amide bonds. The fraction of sp³-hybridized carbons (Fsp3) is 0.211. The van der Waals surface area contributed by atoms with Gasteiger partial charge < -0.3 is 15.0 Å². The SMILES string of the molecule is CN(C(=O)c1nc2ccccc2c(=O)[nH]1)C(CCO)c1ccccc1. The summed E-state index contributed by atoms with van der Waals surface area (Å²) in [4.78, 5) is 33.4. The number of nitrogens with zero attached hydrogens (tertiary/aromatic N) is 2. The van der Waals surface area contributed by atoms with Crippen LogP contribution >= 0.6 is 0 Å². The van der Waals surface area contributed by atoms with Gasteiger partial charge in [-0.2, -0.15) is 0 Å². The molecule has 128 valence electrons. The zero-order chi connectivity index (χ0) is 17.8. The van der Waals surface area contributed by atoms with Gasteiger partial charge in [0.05, 0.1) is 16.9 Å². The third-order valence-electron chi connectivity index (χ3n) is 4.19. The summed E-state index contributed by atoms with van der Waals surface area (Å²) >= 11 is 0. The van der Waals surface area contributed by atoms with Gasteiger partial charge in [0, 0.05) is 13.7 Å². The van der Waals surface area contributed by atoms with Gasteiger partial charge in [0.2, 0.25) is 0 Å². The smallest absolute Gasteiger partial charge is 0.290 e. The summed E-state index contributed by atoms with van der Waals surface area (Å²) in [7, 11) is 1.64. The molecule has 1 atom stereocenters. The van der Waals surface area contributed by atoms with E-state index in [9.17, 15) is 14.7 Å². The van der Waals surface area contributed by atoms with Gasteiger partial charge in [-0.05, 0) is 24.1 Å². The Morgan fingerprint density at radius 2 is 1.84 bits per heavy atom. The molecular formula is C19H19N3O3. The van der Waals surface area contributed by atoms with Gasteiger partial charge in [-0.15, -0.1) is 0 Å². The van der Waals surface area contributed by atoms with E-state index in [1.165, 1.54) is 4.90 Å². The molecule has 0 saturated heterocycles. The van der Waals surface area contributed by atoms with E-state index in [0.717, 1.165) is 5.56 Å². The molecule has 3 rings (SSSR count). The molecule has 0 aliphatic rings. The highest BCUT2D eigenvalue weighted by Crippen LogP contribution is 2.23. The monoisotopic (exact) mass is 337 g/mol. The number of para-hydroxylation sites is 1. The number of hydrogen-bond donors (Lipinski definition) is 2. The average Bonchev–Trinajstić information content (AvgIpc) is 2.65. The number of benzene rings is 2. The molecule has 2 aromatic carbocycles. The van der Waals surface area contributed by atoms with E-state index in [1.807, 2.05) is 30.3 Å². The lowest BCUT2D eigenvalue weighted by molar-refractivity contribution is 0.0693. The van der Waals surface area contributed by atoms with E-state index in [-0.39, 0.29) is 24.0 Å². The minimum atomic E-state index is -0.398. The number of fused-ring (bicyclic) bond motifs is 1. The molecule has 1 aromatic heterocycles. The number of hydrogen-bond acceptors (Lipinski definition) is 4. The van der Waals surface area contributed by atoms with Crippen LogP contribution in [0.5, 0.6) is 0 Å². The summed E-state index contributed by atoms with van der Waals surface area (Å²) in [5, 5.41) is 9.81. The highest BCUT2D eigenvalue weighted by Gasteiger charge is 2.24. The molecule has 0 aliphatic heterocycles. The maximum absolute atomic E-state index is 12.8. The molecule has 0 bridgehead atoms. The van der Waals surface area contributed by atoms with E-state index >= 15 is 0 Å². The summed E-state index contributed by atoms with van der Waals surface area (Å²) in [6.45, 7) is -0.0567. The molecule has 0 aliphatic carbocycles. The Bertz CT molecular complexity index is 937. The summed E-state index contributed by atoms with van der Waals surface area (Å²) in [6, 6.07) is 16.0. The largest absolute Gasteiger partial charge is 0.396 e. The molecule has 25 heavy (non-hydrogen) atoms. The van der Waals surface area contributed by atoms with Crippen molar-refractivity contribution in [2.75, 3.05) is 13.7 Å². The van der Waals surface area contributed by atoms with Crippen LogP contribution in [0.3, 0.4) is 0 Å². The highest BCUT2D eigenvalue weighted by molar-refractivity contribution is 5.92. The maximum atomic E-state index is 12.8. The number of carbonyl (C=O) groups excluding carboxylic acids is 1. The van der Waals surface area contributed by atoms with Crippen LogP contribution in [-0.2, 0) is 0 Å². The van der Waals surface area contributed by atoms with Crippen LogP contribution < -0.4 is 5.56 Å². The van der Waals surface area contributed by atoms with Gasteiger partial charge in [0.25, 0.3) is 11.5 Å². The van der Waals surface area contributed by atoms with Crippen LogP contribution in [0.15, 0.2) is 59.4 Å². The second kappa shape index (κ2) is 7.27. The Hall–Kier alpha value is -2.99. The lowest BCUT2D eigenvalue weighted by Crippen LogP contribution is -2.34. The summed E-state index contributed by atoms with van der Waals surface area (Å²) < 4.78 is 0. The van der Waals surface area contributed by atoms with Crippen molar-refractivity contribution in [3.63, 3.8) is 0 Å². The number of aromatic amines is 1. The minimum Gasteiger partial charge on any atom is -0.396 e. The molecule has 0 radical (unpaired) electrons. The molecule has 2 N–H and O–H groups in total. The standard InChI is InChI=1S/C19H19N3O3/c1-22(16(11-12-23)13-7-3-2-4-8-13)19(25)17-20-15-10-6-5-9-14(15)18(24)21-17/h2-10,16,23H,11-12H2,1H3,(H,20,21,24). The normalized spacial score (nSPS) is 12.1. The Kier molecular flexibility index (Phi) is 4.90. The first-order valence-electron chi connectivity index (χ1n) is 8.04. The van der Waals surface area contributed by atoms with E-state index in [0.29, 0.717) is 17.3 Å². The highest BCUT2D eigenvalue weighted by atomic mass is 16.3. The van der Waals surface area contributed by atoms with Gasteiger partial charge in [-0.1, -0.05) is 42.5 Å². The number of aromatic nitrogens is 2. The van der Waals surface area contributed by atoms with Gasteiger partial charge in [-0.25, -0.2) is 4.98 Å². The molecular weight excluding hydrogens is 318 g/mol. The maximum Gasteiger partial charge on any atom is 0.290 e. The molecule has 0 fully saturated rings. The number of aliphatic hydroxyl groups is 1. The Labute approximate surface area is 144 Å². The first-order valence-corrected chi connectivity index (χ1v) is 8.04. The van der Waals surface area contributed by atoms with Gasteiger partial charge in [0.1, 0.15) is 0 Å². The molecule has 6 nitrogen and oxygen atoms in total. The topological polar surface area (TPSA) is 86.3 Å². The van der Waals surface area contributed by atoms with E-state index in [4.69, 9.17) is 0 Å². The van der Waals surface area contributed by atoms with Crippen LogP contribution in [0.2, 0.25) is 0 Å². The zero-order valence-electron chi connectivity index (χ0n) is 13.8. The van der Waals surface area contributed by atoms with Gasteiger partial charge in [0.15, 0.2) is 5.82 Å². The molecule has 3 aromatic rings. The van der Waals surface area contributed by atoms with Crippen molar-refractivity contribution in [3.05, 3.63) is 76.3 Å². The predicted octanol–water partition coefficient (Wildman–Crippen LogP) is 2.12. The Balaban J connectivity index is 1.97. The second-order valence-electron chi connectivity index (χ2n) is 5.79. The third-order valence-corrected chi connectivity index (χ3v) is 4.19. The average molecular weight is 337 g/mol. The molecule has 1 heterocycles. The number of rotatable bonds is 5. The molecule has 1 unspecified atom stereocenters. The van der Waals surface area contributed by atoms with Crippen molar-refractivity contribution >= 4 is 16.8 Å². The fourth-order valence-corrected chi connectivity index (χ4v) is 2.88. The predicted molar refractivity (Wildman–Crippen MR) is 95.3 cm³/mol. The summed E-state index contributed by atoms with van der Waals surface area (Å²) in [5.74, 6) is -0.407. The summed E-state index contributed by atoms with van der Waals surface area (Å²) in [6.07, 6.45) is 0.393.